The summed E-state index contributed by atoms with van der Waals surface area (Å²) in [6, 6.07) is 9.28. The monoisotopic (exact) mass is 338 g/mol. The minimum absolute atomic E-state index is 0.250. The van der Waals surface area contributed by atoms with Crippen LogP contribution in [0.3, 0.4) is 0 Å². The number of aryl methyl sites for hydroxylation is 1. The quantitative estimate of drug-likeness (QED) is 0.770. The molecule has 2 aromatic heterocycles. The van der Waals surface area contributed by atoms with Crippen LogP contribution in [0.2, 0.25) is 0 Å². The van der Waals surface area contributed by atoms with Crippen molar-refractivity contribution in [2.75, 3.05) is 12.4 Å². The zero-order valence-corrected chi connectivity index (χ0v) is 14.0. The molecule has 0 unspecified atom stereocenters. The van der Waals surface area contributed by atoms with E-state index in [1.54, 1.807) is 29.7 Å². The number of benzene rings is 1. The molecule has 8 nitrogen and oxygen atoms in total. The Morgan fingerprint density at radius 3 is 2.92 bits per heavy atom. The number of hydrogen-bond donors (Lipinski definition) is 1. The first-order valence-corrected chi connectivity index (χ1v) is 8.06. The lowest BCUT2D eigenvalue weighted by molar-refractivity contribution is 0.101. The zero-order valence-electron chi connectivity index (χ0n) is 14.0. The molecule has 0 bridgehead atoms. The molecule has 0 saturated heterocycles. The molecule has 2 heterocycles. The first-order valence-electron chi connectivity index (χ1n) is 8.06. The van der Waals surface area contributed by atoms with Gasteiger partial charge in [0.1, 0.15) is 11.4 Å². The van der Waals surface area contributed by atoms with Crippen molar-refractivity contribution in [3.05, 3.63) is 47.9 Å². The molecule has 8 heteroatoms. The fourth-order valence-electron chi connectivity index (χ4n) is 2.66. The molecule has 0 aliphatic heterocycles. The predicted molar refractivity (Wildman–Crippen MR) is 91.0 cm³/mol. The van der Waals surface area contributed by atoms with Gasteiger partial charge in [-0.3, -0.25) is 9.48 Å². The standard InChI is InChI=1S/C17H18N6O2/c1-22-15(9-14(20-22)11-6-7-11)17(24)18-16-10-23(21-19-16)12-4-3-5-13(8-12)25-2/h3-5,8-11H,6-7H2,1-2H3,(H,18,24). The number of nitrogens with one attached hydrogen (secondary N) is 1. The Morgan fingerprint density at radius 1 is 1.32 bits per heavy atom. The first kappa shape index (κ1) is 15.4. The summed E-state index contributed by atoms with van der Waals surface area (Å²) in [6.45, 7) is 0. The molecule has 1 aromatic carbocycles. The average molecular weight is 338 g/mol. The van der Waals surface area contributed by atoms with Crippen molar-refractivity contribution in [2.24, 2.45) is 7.05 Å². The van der Waals surface area contributed by atoms with Gasteiger partial charge in [0, 0.05) is 19.0 Å². The predicted octanol–water partition coefficient (Wildman–Crippen LogP) is 2.14. The van der Waals surface area contributed by atoms with Crippen molar-refractivity contribution in [2.45, 2.75) is 18.8 Å². The molecule has 128 valence electrons. The van der Waals surface area contributed by atoms with E-state index in [1.807, 2.05) is 30.3 Å². The summed E-state index contributed by atoms with van der Waals surface area (Å²) >= 11 is 0. The van der Waals surface area contributed by atoms with E-state index in [9.17, 15) is 4.79 Å². The third-order valence-electron chi connectivity index (χ3n) is 4.18. The molecule has 0 atom stereocenters. The molecule has 25 heavy (non-hydrogen) atoms. The first-order chi connectivity index (χ1) is 12.1. The number of amides is 1. The Labute approximate surface area is 144 Å². The van der Waals surface area contributed by atoms with Crippen LogP contribution in [0.1, 0.15) is 34.9 Å². The van der Waals surface area contributed by atoms with Crippen molar-refractivity contribution < 1.29 is 9.53 Å². The normalized spacial score (nSPS) is 13.7. The van der Waals surface area contributed by atoms with Crippen molar-refractivity contribution in [1.82, 2.24) is 24.8 Å². The summed E-state index contributed by atoms with van der Waals surface area (Å²) in [4.78, 5) is 12.5. The van der Waals surface area contributed by atoms with Gasteiger partial charge in [0.2, 0.25) is 0 Å². The Morgan fingerprint density at radius 2 is 2.16 bits per heavy atom. The summed E-state index contributed by atoms with van der Waals surface area (Å²) in [5.41, 5.74) is 2.29. The van der Waals surface area contributed by atoms with Gasteiger partial charge in [0.25, 0.3) is 5.91 Å². The maximum atomic E-state index is 12.5. The highest BCUT2D eigenvalue weighted by molar-refractivity contribution is 6.02. The fraction of sp³-hybridized carbons (Fsp3) is 0.294. The lowest BCUT2D eigenvalue weighted by atomic mass is 10.2. The molecule has 1 amide bonds. The summed E-state index contributed by atoms with van der Waals surface area (Å²) in [5, 5.41) is 15.2. The second-order valence-corrected chi connectivity index (χ2v) is 6.06. The van der Waals surface area contributed by atoms with Crippen LogP contribution in [0.25, 0.3) is 5.69 Å². The van der Waals surface area contributed by atoms with Gasteiger partial charge in [-0.1, -0.05) is 11.3 Å². The third kappa shape index (κ3) is 3.10. The van der Waals surface area contributed by atoms with Gasteiger partial charge in [-0.15, -0.1) is 5.10 Å². The fourth-order valence-corrected chi connectivity index (χ4v) is 2.66. The highest BCUT2D eigenvalue weighted by Gasteiger charge is 2.28. The van der Waals surface area contributed by atoms with Gasteiger partial charge in [0.15, 0.2) is 5.82 Å². The van der Waals surface area contributed by atoms with E-state index >= 15 is 0 Å². The molecule has 1 N–H and O–H groups in total. The van der Waals surface area contributed by atoms with Gasteiger partial charge < -0.3 is 10.1 Å². The highest BCUT2D eigenvalue weighted by atomic mass is 16.5. The third-order valence-corrected chi connectivity index (χ3v) is 4.18. The van der Waals surface area contributed by atoms with Crippen LogP contribution in [0.4, 0.5) is 5.82 Å². The van der Waals surface area contributed by atoms with E-state index < -0.39 is 0 Å². The summed E-state index contributed by atoms with van der Waals surface area (Å²) < 4.78 is 8.39. The molecule has 3 aromatic rings. The largest absolute Gasteiger partial charge is 0.497 e. The highest BCUT2D eigenvalue weighted by Crippen LogP contribution is 2.39. The van der Waals surface area contributed by atoms with Gasteiger partial charge in [-0.2, -0.15) is 5.10 Å². The van der Waals surface area contributed by atoms with E-state index in [4.69, 9.17) is 4.74 Å². The Bertz CT molecular complexity index is 925. The van der Waals surface area contributed by atoms with Crippen molar-refractivity contribution in [3.63, 3.8) is 0 Å². The van der Waals surface area contributed by atoms with E-state index in [0.29, 0.717) is 17.4 Å². The molecule has 1 aliphatic carbocycles. The van der Waals surface area contributed by atoms with Gasteiger partial charge in [-0.25, -0.2) is 4.68 Å². The number of carbonyl (C=O) groups is 1. The number of rotatable bonds is 5. The zero-order chi connectivity index (χ0) is 17.4. The SMILES string of the molecule is COc1cccc(-n2cc(NC(=O)c3cc(C4CC4)nn3C)nn2)c1. The number of aromatic nitrogens is 5. The van der Waals surface area contributed by atoms with Crippen LogP contribution in [0, 0.1) is 0 Å². The van der Waals surface area contributed by atoms with Gasteiger partial charge in [-0.05, 0) is 31.0 Å². The number of carbonyl (C=O) groups excluding carboxylic acids is 1. The molecule has 0 spiro atoms. The maximum Gasteiger partial charge on any atom is 0.275 e. The molecule has 1 aliphatic rings. The van der Waals surface area contributed by atoms with E-state index in [2.05, 4.69) is 20.7 Å². The van der Waals surface area contributed by atoms with Crippen LogP contribution in [0.5, 0.6) is 5.75 Å². The van der Waals surface area contributed by atoms with Crippen LogP contribution in [-0.4, -0.2) is 37.8 Å². The van der Waals surface area contributed by atoms with Crippen LogP contribution >= 0.6 is 0 Å². The van der Waals surface area contributed by atoms with Gasteiger partial charge >= 0.3 is 0 Å². The number of nitrogens with zero attached hydrogens (tertiary/aromatic N) is 5. The number of ether oxygens (including phenoxy) is 1. The van der Waals surface area contributed by atoms with Gasteiger partial charge in [0.05, 0.1) is 24.7 Å². The number of methoxy groups -OCH3 is 1. The minimum Gasteiger partial charge on any atom is -0.497 e. The van der Waals surface area contributed by atoms with Crippen molar-refractivity contribution >= 4 is 11.7 Å². The molecular formula is C17H18N6O2. The summed E-state index contributed by atoms with van der Waals surface area (Å²) in [7, 11) is 3.38. The van der Waals surface area contributed by atoms with Crippen molar-refractivity contribution in [3.8, 4) is 11.4 Å². The number of anilines is 1. The van der Waals surface area contributed by atoms with E-state index in [1.165, 1.54) is 0 Å². The van der Waals surface area contributed by atoms with E-state index in [0.717, 1.165) is 30.0 Å². The van der Waals surface area contributed by atoms with Crippen LogP contribution < -0.4 is 10.1 Å². The second-order valence-electron chi connectivity index (χ2n) is 6.06. The molecule has 4 rings (SSSR count). The molecule has 1 fully saturated rings. The molecule has 1 saturated carbocycles. The Hall–Kier alpha value is -3.16. The van der Waals surface area contributed by atoms with Crippen LogP contribution in [0.15, 0.2) is 36.5 Å². The smallest absolute Gasteiger partial charge is 0.275 e. The lowest BCUT2D eigenvalue weighted by Crippen LogP contribution is -2.16. The second kappa shape index (κ2) is 6.04. The summed E-state index contributed by atoms with van der Waals surface area (Å²) in [6.07, 6.45) is 3.95. The van der Waals surface area contributed by atoms with Crippen LogP contribution in [-0.2, 0) is 7.05 Å². The topological polar surface area (TPSA) is 86.9 Å². The molecular weight excluding hydrogens is 320 g/mol. The average Bonchev–Trinajstić information content (AvgIpc) is 3.25. The van der Waals surface area contributed by atoms with Crippen molar-refractivity contribution in [1.29, 1.82) is 0 Å². The van der Waals surface area contributed by atoms with E-state index in [-0.39, 0.29) is 5.91 Å². The Balaban J connectivity index is 1.51. The number of hydrogen-bond acceptors (Lipinski definition) is 5. The Kier molecular flexibility index (Phi) is 3.72. The summed E-state index contributed by atoms with van der Waals surface area (Å²) in [5.74, 6) is 1.35. The lowest BCUT2D eigenvalue weighted by Gasteiger charge is -2.03. The maximum absolute atomic E-state index is 12.5. The molecule has 0 radical (unpaired) electrons. The minimum atomic E-state index is -0.250.